The molecular formula is C12H16BrNO4. The molecular weight excluding hydrogens is 302 g/mol. The zero-order chi connectivity index (χ0) is 13.9. The summed E-state index contributed by atoms with van der Waals surface area (Å²) in [5, 5.41) is 0. The highest BCUT2D eigenvalue weighted by Crippen LogP contribution is 2.24. The van der Waals surface area contributed by atoms with Crippen LogP contribution in [0.5, 0.6) is 0 Å². The Hall–Kier alpha value is -1.30. The standard InChI is InChI=1S/C12H16BrNO4/c1-12(2,3)18-11(16)14(4)8(7-15)9-5-6-10(13)17-9/h5-8H,1-4H3. The number of rotatable bonds is 3. The largest absolute Gasteiger partial charge is 0.452 e. The highest BCUT2D eigenvalue weighted by molar-refractivity contribution is 9.10. The third-order valence-electron chi connectivity index (χ3n) is 2.11. The van der Waals surface area contributed by atoms with Crippen LogP contribution in [0.15, 0.2) is 21.2 Å². The number of amides is 1. The van der Waals surface area contributed by atoms with Gasteiger partial charge in [0.2, 0.25) is 0 Å². The molecule has 1 rings (SSSR count). The van der Waals surface area contributed by atoms with E-state index in [0.29, 0.717) is 16.7 Å². The minimum atomic E-state index is -0.800. The highest BCUT2D eigenvalue weighted by atomic mass is 79.9. The number of carbonyl (C=O) groups excluding carboxylic acids is 2. The second-order valence-corrected chi connectivity index (χ2v) is 5.60. The molecule has 0 aliphatic heterocycles. The highest BCUT2D eigenvalue weighted by Gasteiger charge is 2.28. The van der Waals surface area contributed by atoms with Crippen LogP contribution < -0.4 is 0 Å². The first kappa shape index (κ1) is 14.8. The van der Waals surface area contributed by atoms with Gasteiger partial charge in [-0.15, -0.1) is 0 Å². The van der Waals surface area contributed by atoms with Crippen molar-refractivity contribution in [2.75, 3.05) is 7.05 Å². The molecule has 0 fully saturated rings. The molecule has 1 heterocycles. The molecule has 0 spiro atoms. The van der Waals surface area contributed by atoms with E-state index in [2.05, 4.69) is 15.9 Å². The van der Waals surface area contributed by atoms with E-state index in [1.54, 1.807) is 32.9 Å². The van der Waals surface area contributed by atoms with Gasteiger partial charge in [-0.05, 0) is 48.8 Å². The second kappa shape index (κ2) is 5.56. The summed E-state index contributed by atoms with van der Waals surface area (Å²) in [7, 11) is 1.49. The lowest BCUT2D eigenvalue weighted by Gasteiger charge is -2.27. The van der Waals surface area contributed by atoms with E-state index in [0.717, 1.165) is 0 Å². The van der Waals surface area contributed by atoms with Crippen molar-refractivity contribution >= 4 is 28.3 Å². The summed E-state index contributed by atoms with van der Waals surface area (Å²) in [5.41, 5.74) is -0.609. The van der Waals surface area contributed by atoms with Gasteiger partial charge in [0, 0.05) is 7.05 Å². The van der Waals surface area contributed by atoms with Crippen LogP contribution in [0.4, 0.5) is 4.79 Å². The zero-order valence-electron chi connectivity index (χ0n) is 10.8. The van der Waals surface area contributed by atoms with Crippen molar-refractivity contribution in [3.63, 3.8) is 0 Å². The van der Waals surface area contributed by atoms with Crippen LogP contribution >= 0.6 is 15.9 Å². The van der Waals surface area contributed by atoms with Gasteiger partial charge < -0.3 is 13.9 Å². The van der Waals surface area contributed by atoms with E-state index in [1.165, 1.54) is 11.9 Å². The fourth-order valence-corrected chi connectivity index (χ4v) is 1.60. The number of nitrogens with zero attached hydrogens (tertiary/aromatic N) is 1. The molecule has 6 heteroatoms. The lowest BCUT2D eigenvalue weighted by atomic mass is 10.2. The molecule has 0 N–H and O–H groups in total. The number of furan rings is 1. The molecule has 1 unspecified atom stereocenters. The quantitative estimate of drug-likeness (QED) is 0.803. The number of carbonyl (C=O) groups is 2. The number of hydrogen-bond donors (Lipinski definition) is 0. The van der Waals surface area contributed by atoms with Crippen LogP contribution in [0, 0.1) is 0 Å². The van der Waals surface area contributed by atoms with Gasteiger partial charge in [0.1, 0.15) is 23.7 Å². The molecule has 100 valence electrons. The third-order valence-corrected chi connectivity index (χ3v) is 2.54. The monoisotopic (exact) mass is 317 g/mol. The third kappa shape index (κ3) is 3.87. The molecule has 1 amide bonds. The Kier molecular flexibility index (Phi) is 4.56. The molecule has 18 heavy (non-hydrogen) atoms. The number of aldehydes is 1. The normalized spacial score (nSPS) is 12.9. The van der Waals surface area contributed by atoms with Crippen molar-refractivity contribution in [1.82, 2.24) is 4.90 Å². The van der Waals surface area contributed by atoms with Gasteiger partial charge in [0.15, 0.2) is 4.67 Å². The maximum atomic E-state index is 11.8. The molecule has 0 bridgehead atoms. The van der Waals surface area contributed by atoms with Gasteiger partial charge in [0.05, 0.1) is 0 Å². The average molecular weight is 318 g/mol. The minimum absolute atomic E-state index is 0.380. The molecule has 1 aromatic heterocycles. The van der Waals surface area contributed by atoms with Gasteiger partial charge in [-0.25, -0.2) is 4.79 Å². The summed E-state index contributed by atoms with van der Waals surface area (Å²) in [6, 6.07) is 2.49. The summed E-state index contributed by atoms with van der Waals surface area (Å²) in [6.45, 7) is 5.29. The number of hydrogen-bond acceptors (Lipinski definition) is 4. The molecule has 1 aromatic rings. The van der Waals surface area contributed by atoms with Gasteiger partial charge in [0.25, 0.3) is 0 Å². The van der Waals surface area contributed by atoms with Crippen LogP contribution in [-0.2, 0) is 9.53 Å². The van der Waals surface area contributed by atoms with Crippen LogP contribution in [0.25, 0.3) is 0 Å². The summed E-state index contributed by atoms with van der Waals surface area (Å²) < 4.78 is 11.0. The van der Waals surface area contributed by atoms with Gasteiger partial charge in [-0.3, -0.25) is 4.90 Å². The van der Waals surface area contributed by atoms with E-state index in [-0.39, 0.29) is 0 Å². The SMILES string of the molecule is CN(C(=O)OC(C)(C)C)C(C=O)c1ccc(Br)o1. The molecule has 0 radical (unpaired) electrons. The van der Waals surface area contributed by atoms with E-state index >= 15 is 0 Å². The van der Waals surface area contributed by atoms with E-state index < -0.39 is 17.7 Å². The first-order valence-corrected chi connectivity index (χ1v) is 6.20. The van der Waals surface area contributed by atoms with Crippen LogP contribution in [0.3, 0.4) is 0 Å². The molecule has 0 aliphatic rings. The smallest absolute Gasteiger partial charge is 0.411 e. The Morgan fingerprint density at radius 2 is 2.11 bits per heavy atom. The van der Waals surface area contributed by atoms with E-state index in [9.17, 15) is 9.59 Å². The minimum Gasteiger partial charge on any atom is -0.452 e. The lowest BCUT2D eigenvalue weighted by Crippen LogP contribution is -2.37. The van der Waals surface area contributed by atoms with E-state index in [4.69, 9.17) is 9.15 Å². The van der Waals surface area contributed by atoms with Crippen molar-refractivity contribution in [3.05, 3.63) is 22.6 Å². The van der Waals surface area contributed by atoms with Gasteiger partial charge in [-0.2, -0.15) is 0 Å². The Bertz CT molecular complexity index is 436. The number of likely N-dealkylation sites (N-methyl/N-ethyl adjacent to an activating group) is 1. The Morgan fingerprint density at radius 1 is 1.50 bits per heavy atom. The Labute approximate surface area is 114 Å². The summed E-state index contributed by atoms with van der Waals surface area (Å²) >= 11 is 3.15. The van der Waals surface area contributed by atoms with Crippen molar-refractivity contribution in [3.8, 4) is 0 Å². The van der Waals surface area contributed by atoms with Crippen molar-refractivity contribution in [2.24, 2.45) is 0 Å². The van der Waals surface area contributed by atoms with Crippen molar-refractivity contribution in [2.45, 2.75) is 32.4 Å². The molecule has 0 aliphatic carbocycles. The fourth-order valence-electron chi connectivity index (χ4n) is 1.28. The van der Waals surface area contributed by atoms with Gasteiger partial charge in [-0.1, -0.05) is 0 Å². The summed E-state index contributed by atoms with van der Waals surface area (Å²) in [6.07, 6.45) is 0.0574. The van der Waals surface area contributed by atoms with Gasteiger partial charge >= 0.3 is 6.09 Å². The molecule has 5 nitrogen and oxygen atoms in total. The summed E-state index contributed by atoms with van der Waals surface area (Å²) in [5.74, 6) is 0.380. The van der Waals surface area contributed by atoms with Crippen LogP contribution in [-0.4, -0.2) is 29.9 Å². The van der Waals surface area contributed by atoms with E-state index in [1.807, 2.05) is 0 Å². The zero-order valence-corrected chi connectivity index (χ0v) is 12.4. The molecule has 1 atom stereocenters. The molecule has 0 aromatic carbocycles. The first-order chi connectivity index (χ1) is 8.24. The fraction of sp³-hybridized carbons (Fsp3) is 0.500. The lowest BCUT2D eigenvalue weighted by molar-refractivity contribution is -0.112. The Morgan fingerprint density at radius 3 is 2.50 bits per heavy atom. The number of ether oxygens (including phenoxy) is 1. The summed E-state index contributed by atoms with van der Waals surface area (Å²) in [4.78, 5) is 24.1. The molecule has 0 saturated carbocycles. The number of halogens is 1. The van der Waals surface area contributed by atoms with Crippen molar-refractivity contribution < 1.29 is 18.7 Å². The second-order valence-electron chi connectivity index (χ2n) is 4.81. The topological polar surface area (TPSA) is 59.8 Å². The average Bonchev–Trinajstić information content (AvgIpc) is 2.63. The van der Waals surface area contributed by atoms with Crippen molar-refractivity contribution in [1.29, 1.82) is 0 Å². The van der Waals surface area contributed by atoms with Crippen LogP contribution in [0.1, 0.15) is 32.6 Å². The van der Waals surface area contributed by atoms with Crippen LogP contribution in [0.2, 0.25) is 0 Å². The first-order valence-electron chi connectivity index (χ1n) is 5.41. The maximum Gasteiger partial charge on any atom is 0.411 e. The molecule has 0 saturated heterocycles. The Balaban J connectivity index is 2.83. The maximum absolute atomic E-state index is 11.8. The predicted octanol–water partition coefficient (Wildman–Crippen LogP) is 3.15. The predicted molar refractivity (Wildman–Crippen MR) is 69.2 cm³/mol.